The summed E-state index contributed by atoms with van der Waals surface area (Å²) < 4.78 is 0. The van der Waals surface area contributed by atoms with Crippen LogP contribution in [-0.2, 0) is 21.9 Å². The minimum Gasteiger partial charge on any atom is -0.357 e. The van der Waals surface area contributed by atoms with E-state index in [4.69, 9.17) is 34.8 Å². The fraction of sp³-hybridized carbons (Fsp3) is 0.333. The molecular weight excluding hydrogens is 451 g/mol. The molecule has 0 aliphatic carbocycles. The third-order valence-corrected chi connectivity index (χ3v) is 6.48. The fourth-order valence-corrected chi connectivity index (χ4v) is 4.38. The number of carbonyl (C=O) groups is 2. The van der Waals surface area contributed by atoms with Crippen LogP contribution in [0, 0.1) is 0 Å². The maximum absolute atomic E-state index is 13.0. The second-order valence-electron chi connectivity index (χ2n) is 6.39. The van der Waals surface area contributed by atoms with E-state index >= 15 is 0 Å². The van der Waals surface area contributed by atoms with Gasteiger partial charge in [-0.1, -0.05) is 66.0 Å². The molecule has 0 aliphatic heterocycles. The number of nitrogens with zero attached hydrogens (tertiary/aromatic N) is 1. The van der Waals surface area contributed by atoms with Gasteiger partial charge in [0.25, 0.3) is 0 Å². The van der Waals surface area contributed by atoms with Gasteiger partial charge in [-0.25, -0.2) is 0 Å². The summed E-state index contributed by atoms with van der Waals surface area (Å²) >= 11 is 19.8. The molecular formula is C21H23Cl3N2O2S. The summed E-state index contributed by atoms with van der Waals surface area (Å²) in [7, 11) is 1.57. The first kappa shape index (κ1) is 23.9. The predicted octanol–water partition coefficient (Wildman–Crippen LogP) is 5.43. The molecule has 0 radical (unpaired) electrons. The van der Waals surface area contributed by atoms with E-state index < -0.39 is 6.04 Å². The summed E-state index contributed by atoms with van der Waals surface area (Å²) in [6.45, 7) is 2.15. The highest BCUT2D eigenvalue weighted by molar-refractivity contribution is 7.99. The number of halogens is 3. The molecule has 1 unspecified atom stereocenters. The second kappa shape index (κ2) is 11.7. The Morgan fingerprint density at radius 1 is 1.07 bits per heavy atom. The molecule has 0 fully saturated rings. The van der Waals surface area contributed by atoms with Gasteiger partial charge in [-0.15, -0.1) is 11.8 Å². The van der Waals surface area contributed by atoms with Crippen molar-refractivity contribution in [2.24, 2.45) is 0 Å². The van der Waals surface area contributed by atoms with E-state index in [9.17, 15) is 9.59 Å². The minimum absolute atomic E-state index is 0.122. The molecule has 4 nitrogen and oxygen atoms in total. The van der Waals surface area contributed by atoms with Crippen molar-refractivity contribution in [1.29, 1.82) is 0 Å². The molecule has 8 heteroatoms. The average Bonchev–Trinajstić information content (AvgIpc) is 2.71. The molecule has 0 saturated carbocycles. The number of rotatable bonds is 9. The van der Waals surface area contributed by atoms with Crippen LogP contribution in [-0.4, -0.2) is 35.6 Å². The van der Waals surface area contributed by atoms with Crippen LogP contribution in [0.2, 0.25) is 15.1 Å². The third-order valence-electron chi connectivity index (χ3n) is 4.41. The third kappa shape index (κ3) is 6.82. The molecule has 0 bridgehead atoms. The topological polar surface area (TPSA) is 49.4 Å². The first-order valence-electron chi connectivity index (χ1n) is 9.13. The summed E-state index contributed by atoms with van der Waals surface area (Å²) in [6, 6.07) is 12.2. The Morgan fingerprint density at radius 3 is 2.41 bits per heavy atom. The Morgan fingerprint density at radius 2 is 1.79 bits per heavy atom. The Bertz CT molecular complexity index is 864. The summed E-state index contributed by atoms with van der Waals surface area (Å²) in [5, 5.41) is 4.18. The summed E-state index contributed by atoms with van der Waals surface area (Å²) in [5.41, 5.74) is 1.78. The molecule has 29 heavy (non-hydrogen) atoms. The van der Waals surface area contributed by atoms with Gasteiger partial charge in [0, 0.05) is 24.4 Å². The Hall–Kier alpha value is -1.40. The van der Waals surface area contributed by atoms with Crippen LogP contribution in [0.1, 0.15) is 24.5 Å². The molecule has 2 aromatic carbocycles. The lowest BCUT2D eigenvalue weighted by molar-refractivity contribution is -0.139. The molecule has 156 valence electrons. The van der Waals surface area contributed by atoms with Crippen molar-refractivity contribution in [3.63, 3.8) is 0 Å². The fourth-order valence-electron chi connectivity index (χ4n) is 2.87. The van der Waals surface area contributed by atoms with E-state index in [0.717, 1.165) is 11.1 Å². The van der Waals surface area contributed by atoms with Crippen molar-refractivity contribution in [1.82, 2.24) is 10.2 Å². The molecule has 2 aromatic rings. The maximum atomic E-state index is 13.0. The van der Waals surface area contributed by atoms with Crippen LogP contribution in [0.25, 0.3) is 0 Å². The van der Waals surface area contributed by atoms with E-state index in [0.29, 0.717) is 27.2 Å². The van der Waals surface area contributed by atoms with Crippen LogP contribution in [0.5, 0.6) is 0 Å². The van der Waals surface area contributed by atoms with Crippen LogP contribution in [0.4, 0.5) is 0 Å². The molecule has 0 saturated heterocycles. The highest BCUT2D eigenvalue weighted by Crippen LogP contribution is 2.25. The van der Waals surface area contributed by atoms with Crippen LogP contribution in [0.3, 0.4) is 0 Å². The number of nitrogens with one attached hydrogen (secondary N) is 1. The Kier molecular flexibility index (Phi) is 9.63. The van der Waals surface area contributed by atoms with Crippen molar-refractivity contribution in [2.45, 2.75) is 31.7 Å². The minimum atomic E-state index is -0.567. The van der Waals surface area contributed by atoms with Gasteiger partial charge in [0.05, 0.1) is 15.8 Å². The zero-order chi connectivity index (χ0) is 21.4. The molecule has 1 N–H and O–H groups in total. The molecule has 0 aromatic heterocycles. The number of amides is 2. The number of carbonyl (C=O) groups excluding carboxylic acids is 2. The monoisotopic (exact) mass is 472 g/mol. The van der Waals surface area contributed by atoms with E-state index in [1.165, 1.54) is 11.8 Å². The van der Waals surface area contributed by atoms with Crippen LogP contribution < -0.4 is 5.32 Å². The number of hydrogen-bond acceptors (Lipinski definition) is 3. The van der Waals surface area contributed by atoms with Crippen molar-refractivity contribution in [3.05, 3.63) is 68.7 Å². The molecule has 1 atom stereocenters. The van der Waals surface area contributed by atoms with Gasteiger partial charge in [-0.05, 0) is 35.7 Å². The smallest absolute Gasteiger partial charge is 0.242 e. The average molecular weight is 474 g/mol. The van der Waals surface area contributed by atoms with Crippen LogP contribution >= 0.6 is 46.6 Å². The Labute approximate surface area is 190 Å². The highest BCUT2D eigenvalue weighted by atomic mass is 35.5. The zero-order valence-electron chi connectivity index (χ0n) is 16.3. The van der Waals surface area contributed by atoms with E-state index in [1.807, 2.05) is 37.3 Å². The van der Waals surface area contributed by atoms with Gasteiger partial charge < -0.3 is 10.2 Å². The molecule has 2 amide bonds. The molecule has 2 rings (SSSR count). The lowest BCUT2D eigenvalue weighted by Gasteiger charge is -2.30. The lowest BCUT2D eigenvalue weighted by Crippen LogP contribution is -2.48. The quantitative estimate of drug-likeness (QED) is 0.528. The molecule has 0 heterocycles. The molecule has 0 aliphatic rings. The summed E-state index contributed by atoms with van der Waals surface area (Å²) in [5.74, 6) is 0.531. The van der Waals surface area contributed by atoms with Crippen molar-refractivity contribution >= 4 is 58.4 Å². The zero-order valence-corrected chi connectivity index (χ0v) is 19.3. The van der Waals surface area contributed by atoms with Crippen molar-refractivity contribution in [2.75, 3.05) is 12.8 Å². The first-order valence-corrected chi connectivity index (χ1v) is 11.4. The number of thioether (sulfide) groups is 1. The van der Waals surface area contributed by atoms with Gasteiger partial charge in [0.1, 0.15) is 6.04 Å². The standard InChI is InChI=1S/C21H23Cl3N2O2S/c1-3-19(21(28)25-2)26(11-14-8-9-17(23)18(24)10-14)20(27)13-29-12-15-6-4-5-7-16(15)22/h4-10,19H,3,11-13H2,1-2H3,(H,25,28). The normalized spacial score (nSPS) is 11.8. The van der Waals surface area contributed by atoms with Gasteiger partial charge in [0.15, 0.2) is 0 Å². The van der Waals surface area contributed by atoms with Crippen molar-refractivity contribution < 1.29 is 9.59 Å². The van der Waals surface area contributed by atoms with Gasteiger partial charge >= 0.3 is 0 Å². The largest absolute Gasteiger partial charge is 0.357 e. The van der Waals surface area contributed by atoms with Gasteiger partial charge in [-0.3, -0.25) is 9.59 Å². The van der Waals surface area contributed by atoms with E-state index in [-0.39, 0.29) is 24.1 Å². The lowest BCUT2D eigenvalue weighted by atomic mass is 10.1. The second-order valence-corrected chi connectivity index (χ2v) is 8.60. The first-order chi connectivity index (χ1) is 13.9. The molecule has 0 spiro atoms. The van der Waals surface area contributed by atoms with E-state index in [1.54, 1.807) is 24.1 Å². The maximum Gasteiger partial charge on any atom is 0.242 e. The van der Waals surface area contributed by atoms with Gasteiger partial charge in [-0.2, -0.15) is 0 Å². The highest BCUT2D eigenvalue weighted by Gasteiger charge is 2.28. The number of likely N-dealkylation sites (N-methyl/N-ethyl adjacent to an activating group) is 1. The summed E-state index contributed by atoms with van der Waals surface area (Å²) in [6.07, 6.45) is 0.502. The Balaban J connectivity index is 2.14. The van der Waals surface area contributed by atoms with Gasteiger partial charge in [0.2, 0.25) is 11.8 Å². The predicted molar refractivity (Wildman–Crippen MR) is 123 cm³/mol. The van der Waals surface area contributed by atoms with Crippen LogP contribution in [0.15, 0.2) is 42.5 Å². The number of hydrogen-bond donors (Lipinski definition) is 1. The van der Waals surface area contributed by atoms with E-state index in [2.05, 4.69) is 5.32 Å². The van der Waals surface area contributed by atoms with Crippen molar-refractivity contribution in [3.8, 4) is 0 Å². The number of benzene rings is 2. The SMILES string of the molecule is CCC(C(=O)NC)N(Cc1ccc(Cl)c(Cl)c1)C(=O)CSCc1ccccc1Cl. The summed E-state index contributed by atoms with van der Waals surface area (Å²) in [4.78, 5) is 27.0.